The Morgan fingerprint density at radius 1 is 1.00 bits per heavy atom. The first-order chi connectivity index (χ1) is 8.58. The van der Waals surface area contributed by atoms with Crippen LogP contribution in [0.1, 0.15) is 40.5 Å². The molecule has 0 saturated carbocycles. The summed E-state index contributed by atoms with van der Waals surface area (Å²) in [7, 11) is -1.10. The van der Waals surface area contributed by atoms with E-state index in [1.54, 1.807) is 6.92 Å². The molecule has 19 heavy (non-hydrogen) atoms. The number of hydrogen-bond acceptors (Lipinski definition) is 3. The molecule has 0 aliphatic heterocycles. The summed E-state index contributed by atoms with van der Waals surface area (Å²) in [4.78, 5) is 0. The molecule has 0 atom stereocenters. The van der Waals surface area contributed by atoms with Crippen molar-refractivity contribution in [1.82, 2.24) is 0 Å². The Labute approximate surface area is 119 Å². The Morgan fingerprint density at radius 2 is 1.53 bits per heavy atom. The van der Waals surface area contributed by atoms with E-state index in [4.69, 9.17) is 14.7 Å². The van der Waals surface area contributed by atoms with Crippen LogP contribution < -0.4 is 0 Å². The molecular formula is C15H24N2OS. The standard InChI is InChI=1S/C15H24N2OS/c1-14(2,3)19(5,6)18-11-9-7-8-10-15(4,12-16)13-17/h9-11H2,1-6H3. The number of nitrogens with zero attached hydrogens (tertiary/aromatic N) is 2. The fourth-order valence-electron chi connectivity index (χ4n) is 0.910. The summed E-state index contributed by atoms with van der Waals surface area (Å²) >= 11 is 0. The van der Waals surface area contributed by atoms with Gasteiger partial charge in [-0.25, -0.2) is 0 Å². The minimum atomic E-state index is -1.10. The van der Waals surface area contributed by atoms with Gasteiger partial charge >= 0.3 is 0 Å². The van der Waals surface area contributed by atoms with Crippen LogP contribution in [0.4, 0.5) is 0 Å². The summed E-state index contributed by atoms with van der Waals surface area (Å²) in [5.74, 6) is 5.86. The molecule has 0 amide bonds. The van der Waals surface area contributed by atoms with Crippen LogP contribution in [-0.4, -0.2) is 23.9 Å². The quantitative estimate of drug-likeness (QED) is 0.584. The van der Waals surface area contributed by atoms with Gasteiger partial charge in [-0.2, -0.15) is 10.5 Å². The Bertz CT molecular complexity index is 424. The maximum atomic E-state index is 8.82. The smallest absolute Gasteiger partial charge is 0.151 e. The van der Waals surface area contributed by atoms with E-state index in [2.05, 4.69) is 45.1 Å². The molecule has 0 fully saturated rings. The van der Waals surface area contributed by atoms with Crippen LogP contribution >= 0.6 is 10.3 Å². The predicted octanol–water partition coefficient (Wildman–Crippen LogP) is 3.62. The maximum Gasteiger partial charge on any atom is 0.151 e. The second kappa shape index (κ2) is 6.85. The van der Waals surface area contributed by atoms with E-state index in [-0.39, 0.29) is 11.2 Å². The Kier molecular flexibility index (Phi) is 6.44. The molecule has 0 radical (unpaired) electrons. The second-order valence-corrected chi connectivity index (χ2v) is 9.93. The van der Waals surface area contributed by atoms with Crippen LogP contribution in [-0.2, 0) is 4.18 Å². The topological polar surface area (TPSA) is 56.8 Å². The third-order valence-corrected chi connectivity index (χ3v) is 6.85. The first-order valence-corrected chi connectivity index (χ1v) is 8.61. The Hall–Kier alpha value is -1.15. The molecule has 0 rings (SSSR count). The van der Waals surface area contributed by atoms with Crippen molar-refractivity contribution in [2.75, 3.05) is 19.1 Å². The third-order valence-electron chi connectivity index (χ3n) is 3.14. The zero-order valence-corrected chi connectivity index (χ0v) is 13.6. The minimum Gasteiger partial charge on any atom is -0.336 e. The molecule has 3 nitrogen and oxygen atoms in total. The summed E-state index contributed by atoms with van der Waals surface area (Å²) in [5, 5.41) is 17.6. The van der Waals surface area contributed by atoms with Gasteiger partial charge in [0.15, 0.2) is 5.41 Å². The molecule has 0 aliphatic rings. The van der Waals surface area contributed by atoms with Gasteiger partial charge in [0.2, 0.25) is 0 Å². The monoisotopic (exact) mass is 280 g/mol. The SMILES string of the molecule is CC(C#N)(C#N)CC#CCCOS(C)(C)C(C)(C)C. The van der Waals surface area contributed by atoms with Crippen molar-refractivity contribution in [3.05, 3.63) is 0 Å². The maximum absolute atomic E-state index is 8.82. The summed E-state index contributed by atoms with van der Waals surface area (Å²) in [6.07, 6.45) is 5.24. The van der Waals surface area contributed by atoms with Gasteiger partial charge in [-0.1, -0.05) is 20.8 Å². The van der Waals surface area contributed by atoms with Gasteiger partial charge < -0.3 is 4.18 Å². The van der Waals surface area contributed by atoms with Crippen molar-refractivity contribution in [2.45, 2.75) is 45.3 Å². The van der Waals surface area contributed by atoms with Crippen LogP contribution in [0.15, 0.2) is 0 Å². The van der Waals surface area contributed by atoms with Crippen LogP contribution in [0, 0.1) is 39.9 Å². The van der Waals surface area contributed by atoms with Gasteiger partial charge in [0.25, 0.3) is 0 Å². The molecule has 4 heteroatoms. The third kappa shape index (κ3) is 6.02. The fraction of sp³-hybridized carbons (Fsp3) is 0.733. The lowest BCUT2D eigenvalue weighted by molar-refractivity contribution is 0.360. The number of rotatable bonds is 4. The van der Waals surface area contributed by atoms with Crippen molar-refractivity contribution >= 4 is 10.3 Å². The molecule has 0 aromatic rings. The van der Waals surface area contributed by atoms with Crippen LogP contribution in [0.3, 0.4) is 0 Å². The lowest BCUT2D eigenvalue weighted by Crippen LogP contribution is -2.25. The van der Waals surface area contributed by atoms with Crippen molar-refractivity contribution in [2.24, 2.45) is 5.41 Å². The molecule has 106 valence electrons. The molecule has 0 heterocycles. The summed E-state index contributed by atoms with van der Waals surface area (Å²) < 4.78 is 6.08. The number of hydrogen-bond donors (Lipinski definition) is 0. The van der Waals surface area contributed by atoms with Gasteiger partial charge in [0, 0.05) is 17.6 Å². The molecule has 0 N–H and O–H groups in total. The van der Waals surface area contributed by atoms with Crippen LogP contribution in [0.5, 0.6) is 0 Å². The molecule has 0 bridgehead atoms. The van der Waals surface area contributed by atoms with Gasteiger partial charge in [-0.15, -0.1) is 22.1 Å². The van der Waals surface area contributed by atoms with Crippen LogP contribution in [0.25, 0.3) is 0 Å². The zero-order chi connectivity index (χ0) is 15.2. The van der Waals surface area contributed by atoms with Crippen LogP contribution in [0.2, 0.25) is 0 Å². The largest absolute Gasteiger partial charge is 0.336 e. The van der Waals surface area contributed by atoms with E-state index in [1.165, 1.54) is 0 Å². The van der Waals surface area contributed by atoms with E-state index in [0.717, 1.165) is 0 Å². The molecule has 0 aromatic carbocycles. The summed E-state index contributed by atoms with van der Waals surface area (Å²) in [5.41, 5.74) is -0.996. The lowest BCUT2D eigenvalue weighted by Gasteiger charge is -2.43. The van der Waals surface area contributed by atoms with Gasteiger partial charge in [0.1, 0.15) is 0 Å². The fourth-order valence-corrected chi connectivity index (χ4v) is 1.76. The lowest BCUT2D eigenvalue weighted by atomic mass is 9.91. The van der Waals surface area contributed by atoms with E-state index in [9.17, 15) is 0 Å². The molecule has 0 aromatic heterocycles. The first-order valence-electron chi connectivity index (χ1n) is 6.23. The minimum absolute atomic E-state index is 0.153. The number of nitriles is 2. The highest BCUT2D eigenvalue weighted by Gasteiger charge is 2.28. The summed E-state index contributed by atoms with van der Waals surface area (Å²) in [6.45, 7) is 8.74. The molecule has 0 unspecified atom stereocenters. The van der Waals surface area contributed by atoms with E-state index in [1.807, 2.05) is 12.1 Å². The molecular weight excluding hydrogens is 256 g/mol. The molecule has 0 saturated heterocycles. The van der Waals surface area contributed by atoms with Crippen molar-refractivity contribution in [3.63, 3.8) is 0 Å². The summed E-state index contributed by atoms with van der Waals surface area (Å²) in [6, 6.07) is 3.94. The molecule has 0 spiro atoms. The van der Waals surface area contributed by atoms with Crippen molar-refractivity contribution in [3.8, 4) is 24.0 Å². The average Bonchev–Trinajstić information content (AvgIpc) is 2.31. The Morgan fingerprint density at radius 3 is 1.95 bits per heavy atom. The van der Waals surface area contributed by atoms with Crippen molar-refractivity contribution in [1.29, 1.82) is 10.5 Å². The average molecular weight is 280 g/mol. The van der Waals surface area contributed by atoms with Gasteiger partial charge in [-0.3, -0.25) is 0 Å². The molecule has 0 aliphatic carbocycles. The Balaban J connectivity index is 4.17. The second-order valence-electron chi connectivity index (χ2n) is 6.00. The van der Waals surface area contributed by atoms with Crippen molar-refractivity contribution < 1.29 is 4.18 Å². The van der Waals surface area contributed by atoms with E-state index < -0.39 is 15.7 Å². The highest BCUT2D eigenvalue weighted by atomic mass is 32.3. The normalized spacial score (nSPS) is 12.8. The predicted molar refractivity (Wildman–Crippen MR) is 81.5 cm³/mol. The van der Waals surface area contributed by atoms with Gasteiger partial charge in [-0.05, 0) is 19.4 Å². The highest BCUT2D eigenvalue weighted by Crippen LogP contribution is 2.53. The van der Waals surface area contributed by atoms with Gasteiger partial charge in [0.05, 0.1) is 18.7 Å². The van der Waals surface area contributed by atoms with E-state index >= 15 is 0 Å². The first kappa shape index (κ1) is 17.8. The zero-order valence-electron chi connectivity index (χ0n) is 12.8. The highest BCUT2D eigenvalue weighted by molar-refractivity contribution is 8.29. The van der Waals surface area contributed by atoms with E-state index in [0.29, 0.717) is 13.0 Å².